The second kappa shape index (κ2) is 14.2. The fourth-order valence-corrected chi connectivity index (χ4v) is 5.11. The molecule has 2 aliphatic carbocycles. The lowest BCUT2D eigenvalue weighted by Crippen LogP contribution is -2.28. The summed E-state index contributed by atoms with van der Waals surface area (Å²) in [6.07, 6.45) is 9.13. The SMILES string of the molecule is CC(F)(F)COc1nc(Nc2ccc(C(=O)NSCCNC(=O)C3=CCCC=C3)cc2)nc(NC2(c3ccc(Cl)cc3)CC2)n1. The zero-order valence-corrected chi connectivity index (χ0v) is 26.0. The van der Waals surface area contributed by atoms with Crippen molar-refractivity contribution in [3.63, 3.8) is 0 Å². The Balaban J connectivity index is 1.18. The molecule has 2 amide bonds. The third kappa shape index (κ3) is 9.38. The maximum absolute atomic E-state index is 13.5. The number of carbonyl (C=O) groups is 2. The standard InChI is InChI=1S/C31H32ClF2N7O3S/c1-30(33,34)19-44-29-38-27(37-28(39-29)40-31(15-16-31)22-9-11-23(32)12-10-22)36-24-13-7-21(8-14-24)26(43)41-45-18-17-35-25(42)20-5-3-2-4-6-20/h3,5-14H,2,4,15-19H2,1H3,(H,35,42)(H,41,43)(H2,36,37,38,39,40). The van der Waals surface area contributed by atoms with Crippen molar-refractivity contribution in [3.8, 4) is 6.01 Å². The first kappa shape index (κ1) is 32.2. The molecule has 0 spiro atoms. The van der Waals surface area contributed by atoms with Crippen LogP contribution in [0.1, 0.15) is 48.5 Å². The van der Waals surface area contributed by atoms with Crippen molar-refractivity contribution in [2.45, 2.75) is 44.1 Å². The Kier molecular flexibility index (Phi) is 10.2. The summed E-state index contributed by atoms with van der Waals surface area (Å²) in [5, 5.41) is 9.78. The summed E-state index contributed by atoms with van der Waals surface area (Å²) in [5.74, 6) is -2.78. The van der Waals surface area contributed by atoms with Crippen molar-refractivity contribution in [2.75, 3.05) is 29.5 Å². The zero-order chi connectivity index (χ0) is 31.9. The first-order valence-electron chi connectivity index (χ1n) is 14.3. The number of carbonyl (C=O) groups excluding carboxylic acids is 2. The third-order valence-corrected chi connectivity index (χ3v) is 7.87. The summed E-state index contributed by atoms with van der Waals surface area (Å²) in [6.45, 7) is 0.249. The highest BCUT2D eigenvalue weighted by molar-refractivity contribution is 7.97. The van der Waals surface area contributed by atoms with Crippen LogP contribution in [0.2, 0.25) is 5.02 Å². The fourth-order valence-electron chi connectivity index (χ4n) is 4.43. The Morgan fingerprint density at radius 3 is 2.40 bits per heavy atom. The molecule has 1 heterocycles. The average molecular weight is 656 g/mol. The van der Waals surface area contributed by atoms with Gasteiger partial charge in [-0.1, -0.05) is 42.0 Å². The van der Waals surface area contributed by atoms with Crippen LogP contribution < -0.4 is 25.4 Å². The summed E-state index contributed by atoms with van der Waals surface area (Å²) in [4.78, 5) is 37.5. The maximum Gasteiger partial charge on any atom is 0.323 e. The van der Waals surface area contributed by atoms with Crippen LogP contribution in [0.25, 0.3) is 0 Å². The van der Waals surface area contributed by atoms with E-state index in [-0.39, 0.29) is 29.7 Å². The molecule has 1 fully saturated rings. The molecule has 3 aromatic rings. The number of ether oxygens (including phenoxy) is 1. The highest BCUT2D eigenvalue weighted by Gasteiger charge is 2.45. The molecule has 0 bridgehead atoms. The molecule has 4 N–H and O–H groups in total. The monoisotopic (exact) mass is 655 g/mol. The highest BCUT2D eigenvalue weighted by atomic mass is 35.5. The van der Waals surface area contributed by atoms with E-state index in [9.17, 15) is 18.4 Å². The van der Waals surface area contributed by atoms with E-state index in [0.717, 1.165) is 38.2 Å². The molecule has 5 rings (SSSR count). The second-order valence-electron chi connectivity index (χ2n) is 10.7. The van der Waals surface area contributed by atoms with Gasteiger partial charge in [0.15, 0.2) is 6.61 Å². The van der Waals surface area contributed by atoms with Gasteiger partial charge in [0.2, 0.25) is 11.9 Å². The van der Waals surface area contributed by atoms with Crippen molar-refractivity contribution in [2.24, 2.45) is 0 Å². The second-order valence-corrected chi connectivity index (χ2v) is 12.1. The lowest BCUT2D eigenvalue weighted by Gasteiger charge is -2.19. The van der Waals surface area contributed by atoms with Gasteiger partial charge in [-0.2, -0.15) is 15.0 Å². The number of amides is 2. The number of halogens is 3. The predicted octanol–water partition coefficient (Wildman–Crippen LogP) is 6.17. The first-order valence-corrected chi connectivity index (χ1v) is 15.7. The molecule has 1 saturated carbocycles. The average Bonchev–Trinajstić information content (AvgIpc) is 3.80. The minimum absolute atomic E-state index is 0.0723. The van der Waals surface area contributed by atoms with E-state index < -0.39 is 18.1 Å². The third-order valence-electron chi connectivity index (χ3n) is 6.88. The first-order chi connectivity index (χ1) is 21.6. The van der Waals surface area contributed by atoms with Crippen molar-refractivity contribution in [1.82, 2.24) is 25.0 Å². The largest absolute Gasteiger partial charge is 0.457 e. The number of benzene rings is 2. The molecular weight excluding hydrogens is 624 g/mol. The van der Waals surface area contributed by atoms with Crippen LogP contribution in [0.4, 0.5) is 26.4 Å². The molecule has 236 valence electrons. The van der Waals surface area contributed by atoms with E-state index in [0.29, 0.717) is 34.1 Å². The van der Waals surface area contributed by atoms with Gasteiger partial charge >= 0.3 is 6.01 Å². The quantitative estimate of drug-likeness (QED) is 0.119. The number of hydrogen-bond donors (Lipinski definition) is 4. The van der Waals surface area contributed by atoms with E-state index in [2.05, 4.69) is 35.6 Å². The topological polar surface area (TPSA) is 130 Å². The number of alkyl halides is 2. The van der Waals surface area contributed by atoms with Crippen LogP contribution in [-0.4, -0.2) is 51.6 Å². The summed E-state index contributed by atoms with van der Waals surface area (Å²) >= 11 is 7.24. The van der Waals surface area contributed by atoms with Crippen LogP contribution in [0, 0.1) is 0 Å². The molecule has 0 aliphatic heterocycles. The maximum atomic E-state index is 13.5. The van der Waals surface area contributed by atoms with E-state index in [1.807, 2.05) is 30.4 Å². The van der Waals surface area contributed by atoms with Crippen molar-refractivity contribution < 1.29 is 23.1 Å². The molecule has 14 heteroatoms. The van der Waals surface area contributed by atoms with Gasteiger partial charge in [-0.25, -0.2) is 8.78 Å². The van der Waals surface area contributed by atoms with Gasteiger partial charge in [-0.15, -0.1) is 0 Å². The van der Waals surface area contributed by atoms with E-state index in [1.54, 1.807) is 36.4 Å². The summed E-state index contributed by atoms with van der Waals surface area (Å²) < 4.78 is 35.0. The predicted molar refractivity (Wildman–Crippen MR) is 171 cm³/mol. The van der Waals surface area contributed by atoms with E-state index in [1.165, 1.54) is 11.9 Å². The van der Waals surface area contributed by atoms with Crippen molar-refractivity contribution >= 4 is 52.9 Å². The van der Waals surface area contributed by atoms with Crippen LogP contribution >= 0.6 is 23.5 Å². The Bertz CT molecular complexity index is 1580. The van der Waals surface area contributed by atoms with Crippen LogP contribution in [0.5, 0.6) is 6.01 Å². The van der Waals surface area contributed by atoms with Gasteiger partial charge in [-0.3, -0.25) is 14.3 Å². The van der Waals surface area contributed by atoms with Gasteiger partial charge in [0.05, 0.1) is 5.54 Å². The Labute approximate surface area is 268 Å². The van der Waals surface area contributed by atoms with Crippen molar-refractivity contribution in [1.29, 1.82) is 0 Å². The number of anilines is 3. The molecule has 2 aromatic carbocycles. The number of allylic oxidation sites excluding steroid dienone is 2. The molecule has 45 heavy (non-hydrogen) atoms. The lowest BCUT2D eigenvalue weighted by atomic mass is 10.1. The molecular formula is C31H32ClF2N7O3S. The number of hydrogen-bond acceptors (Lipinski definition) is 9. The summed E-state index contributed by atoms with van der Waals surface area (Å²) in [7, 11) is 0. The zero-order valence-electron chi connectivity index (χ0n) is 24.4. The highest BCUT2D eigenvalue weighted by Crippen LogP contribution is 2.48. The minimum Gasteiger partial charge on any atom is -0.457 e. The Morgan fingerprint density at radius 1 is 1.00 bits per heavy atom. The lowest BCUT2D eigenvalue weighted by molar-refractivity contribution is -0.117. The molecule has 0 unspecified atom stereocenters. The van der Waals surface area contributed by atoms with Crippen molar-refractivity contribution in [3.05, 3.63) is 88.5 Å². The summed E-state index contributed by atoms with van der Waals surface area (Å²) in [5.41, 5.74) is 2.20. The molecule has 2 aliphatic rings. The number of nitrogens with zero attached hydrogens (tertiary/aromatic N) is 3. The minimum atomic E-state index is -3.08. The number of aromatic nitrogens is 3. The van der Waals surface area contributed by atoms with Gasteiger partial charge in [0.1, 0.15) is 0 Å². The van der Waals surface area contributed by atoms with Gasteiger partial charge in [0, 0.05) is 41.1 Å². The Hall–Kier alpha value is -4.23. The van der Waals surface area contributed by atoms with Gasteiger partial charge < -0.3 is 20.7 Å². The van der Waals surface area contributed by atoms with Crippen LogP contribution in [0.15, 0.2) is 72.3 Å². The van der Waals surface area contributed by atoms with Gasteiger partial charge in [-0.05, 0) is 79.6 Å². The van der Waals surface area contributed by atoms with E-state index >= 15 is 0 Å². The molecule has 1 aromatic heterocycles. The van der Waals surface area contributed by atoms with E-state index in [4.69, 9.17) is 16.3 Å². The van der Waals surface area contributed by atoms with Crippen LogP contribution in [0.3, 0.4) is 0 Å². The van der Waals surface area contributed by atoms with Crippen LogP contribution in [-0.2, 0) is 10.3 Å². The smallest absolute Gasteiger partial charge is 0.323 e. The molecule has 0 atom stereocenters. The van der Waals surface area contributed by atoms with Gasteiger partial charge in [0.25, 0.3) is 17.7 Å². The normalized spacial score (nSPS) is 15.1. The molecule has 0 radical (unpaired) electrons. The number of rotatable bonds is 14. The number of nitrogens with one attached hydrogen (secondary N) is 4. The fraction of sp³-hybridized carbons (Fsp3) is 0.323. The molecule has 10 nitrogen and oxygen atoms in total. The Morgan fingerprint density at radius 2 is 1.73 bits per heavy atom. The molecule has 0 saturated heterocycles. The summed E-state index contributed by atoms with van der Waals surface area (Å²) in [6, 6.07) is 13.7.